The van der Waals surface area contributed by atoms with Gasteiger partial charge in [0.15, 0.2) is 0 Å². The number of nitrogens with two attached hydrogens (primary N) is 1. The maximum atomic E-state index is 6.30. The van der Waals surface area contributed by atoms with E-state index in [1.807, 2.05) is 0 Å². The van der Waals surface area contributed by atoms with Crippen molar-refractivity contribution in [3.63, 3.8) is 0 Å². The van der Waals surface area contributed by atoms with Gasteiger partial charge in [-0.05, 0) is 43.9 Å². The van der Waals surface area contributed by atoms with Gasteiger partial charge in [-0.1, -0.05) is 27.2 Å². The van der Waals surface area contributed by atoms with Gasteiger partial charge in [0.2, 0.25) is 0 Å². The highest BCUT2D eigenvalue weighted by atomic mass is 14.7. The van der Waals surface area contributed by atoms with Gasteiger partial charge in [-0.15, -0.1) is 0 Å². The van der Waals surface area contributed by atoms with E-state index in [0.29, 0.717) is 0 Å². The molecule has 1 heteroatoms. The Kier molecular flexibility index (Phi) is 3.39. The zero-order valence-electron chi connectivity index (χ0n) is 9.64. The molecule has 0 saturated heterocycles. The lowest BCUT2D eigenvalue weighted by molar-refractivity contribution is 0.140. The van der Waals surface area contributed by atoms with Crippen molar-refractivity contribution >= 4 is 0 Å². The third kappa shape index (κ3) is 2.46. The molecule has 0 aromatic heterocycles. The van der Waals surface area contributed by atoms with E-state index < -0.39 is 0 Å². The summed E-state index contributed by atoms with van der Waals surface area (Å²) in [6.07, 6.45) is 5.16. The first-order chi connectivity index (χ1) is 5.97. The van der Waals surface area contributed by atoms with E-state index in [4.69, 9.17) is 5.73 Å². The fourth-order valence-corrected chi connectivity index (χ4v) is 2.44. The normalized spacial score (nSPS) is 39.9. The number of rotatable bonds is 2. The van der Waals surface area contributed by atoms with Crippen molar-refractivity contribution in [1.82, 2.24) is 0 Å². The molecule has 2 N–H and O–H groups in total. The summed E-state index contributed by atoms with van der Waals surface area (Å²) in [6, 6.07) is 0. The Balaban J connectivity index is 2.55. The summed E-state index contributed by atoms with van der Waals surface area (Å²) in [4.78, 5) is 0. The molecule has 0 radical (unpaired) electrons. The lowest BCUT2D eigenvalue weighted by Crippen LogP contribution is -2.46. The molecule has 1 rings (SSSR count). The van der Waals surface area contributed by atoms with Crippen molar-refractivity contribution in [3.05, 3.63) is 0 Å². The van der Waals surface area contributed by atoms with Crippen LogP contribution in [0.5, 0.6) is 0 Å². The first kappa shape index (κ1) is 11.0. The van der Waals surface area contributed by atoms with Crippen LogP contribution < -0.4 is 5.73 Å². The minimum Gasteiger partial charge on any atom is -0.325 e. The molecule has 13 heavy (non-hydrogen) atoms. The molecule has 1 nitrogen and oxygen atoms in total. The van der Waals surface area contributed by atoms with Gasteiger partial charge in [0.1, 0.15) is 0 Å². The van der Waals surface area contributed by atoms with Gasteiger partial charge < -0.3 is 5.73 Å². The van der Waals surface area contributed by atoms with Crippen LogP contribution in [0, 0.1) is 17.8 Å². The Morgan fingerprint density at radius 1 is 1.23 bits per heavy atom. The zero-order valence-corrected chi connectivity index (χ0v) is 9.64. The molecule has 1 aliphatic carbocycles. The smallest absolute Gasteiger partial charge is 0.0151 e. The summed E-state index contributed by atoms with van der Waals surface area (Å²) in [5.41, 5.74) is 6.38. The monoisotopic (exact) mass is 183 g/mol. The van der Waals surface area contributed by atoms with Crippen LogP contribution in [0.3, 0.4) is 0 Å². The molecule has 0 amide bonds. The van der Waals surface area contributed by atoms with E-state index in [-0.39, 0.29) is 5.54 Å². The third-order valence-electron chi connectivity index (χ3n) is 4.29. The van der Waals surface area contributed by atoms with Gasteiger partial charge in [0, 0.05) is 5.54 Å². The quantitative estimate of drug-likeness (QED) is 0.699. The van der Waals surface area contributed by atoms with Crippen molar-refractivity contribution in [2.75, 3.05) is 0 Å². The van der Waals surface area contributed by atoms with Crippen LogP contribution in [0.25, 0.3) is 0 Å². The SMILES string of the molecule is CCC(C)(N)C1CCC(C)C(C)C1. The van der Waals surface area contributed by atoms with Crippen molar-refractivity contribution in [1.29, 1.82) is 0 Å². The molecule has 0 bridgehead atoms. The Morgan fingerprint density at radius 3 is 2.31 bits per heavy atom. The van der Waals surface area contributed by atoms with E-state index in [0.717, 1.165) is 24.2 Å². The van der Waals surface area contributed by atoms with Crippen molar-refractivity contribution in [2.45, 2.75) is 58.9 Å². The largest absolute Gasteiger partial charge is 0.325 e. The minimum atomic E-state index is 0.0778. The summed E-state index contributed by atoms with van der Waals surface area (Å²) >= 11 is 0. The Morgan fingerprint density at radius 2 is 1.85 bits per heavy atom. The highest BCUT2D eigenvalue weighted by Gasteiger charge is 2.34. The second-order valence-electron chi connectivity index (χ2n) is 5.32. The molecular formula is C12H25N. The standard InChI is InChI=1S/C12H25N/c1-5-12(4,13)11-7-6-9(2)10(3)8-11/h9-11H,5-8,13H2,1-4H3. The van der Waals surface area contributed by atoms with Crippen molar-refractivity contribution in [3.8, 4) is 0 Å². The lowest BCUT2D eigenvalue weighted by atomic mass is 9.68. The van der Waals surface area contributed by atoms with Gasteiger partial charge in [0.05, 0.1) is 0 Å². The number of hydrogen-bond acceptors (Lipinski definition) is 1. The molecule has 0 aromatic rings. The average Bonchev–Trinajstić information content (AvgIpc) is 2.09. The first-order valence-electron chi connectivity index (χ1n) is 5.76. The van der Waals surface area contributed by atoms with Crippen LogP contribution >= 0.6 is 0 Å². The number of hydrogen-bond donors (Lipinski definition) is 1. The molecule has 1 saturated carbocycles. The summed E-state index contributed by atoms with van der Waals surface area (Å²) in [7, 11) is 0. The topological polar surface area (TPSA) is 26.0 Å². The van der Waals surface area contributed by atoms with Gasteiger partial charge in [-0.3, -0.25) is 0 Å². The molecule has 0 aromatic carbocycles. The first-order valence-corrected chi connectivity index (χ1v) is 5.76. The van der Waals surface area contributed by atoms with Gasteiger partial charge in [-0.2, -0.15) is 0 Å². The van der Waals surface area contributed by atoms with E-state index in [2.05, 4.69) is 27.7 Å². The van der Waals surface area contributed by atoms with Crippen LogP contribution in [0.1, 0.15) is 53.4 Å². The maximum absolute atomic E-state index is 6.30. The predicted octanol–water partition coefficient (Wildman–Crippen LogP) is 3.19. The van der Waals surface area contributed by atoms with Gasteiger partial charge in [-0.25, -0.2) is 0 Å². The van der Waals surface area contributed by atoms with Gasteiger partial charge >= 0.3 is 0 Å². The Bertz CT molecular complexity index is 163. The Hall–Kier alpha value is -0.0400. The van der Waals surface area contributed by atoms with Crippen LogP contribution in [-0.2, 0) is 0 Å². The zero-order chi connectivity index (χ0) is 10.1. The van der Waals surface area contributed by atoms with Crippen LogP contribution in [0.15, 0.2) is 0 Å². The fourth-order valence-electron chi connectivity index (χ4n) is 2.44. The summed E-state index contributed by atoms with van der Waals surface area (Å²) in [5.74, 6) is 2.53. The molecule has 0 heterocycles. The fraction of sp³-hybridized carbons (Fsp3) is 1.00. The highest BCUT2D eigenvalue weighted by Crippen LogP contribution is 2.38. The summed E-state index contributed by atoms with van der Waals surface area (Å²) < 4.78 is 0. The maximum Gasteiger partial charge on any atom is 0.0151 e. The van der Waals surface area contributed by atoms with Crippen molar-refractivity contribution < 1.29 is 0 Å². The molecule has 1 fully saturated rings. The molecular weight excluding hydrogens is 158 g/mol. The van der Waals surface area contributed by atoms with E-state index in [1.165, 1.54) is 19.3 Å². The second kappa shape index (κ2) is 4.00. The molecule has 0 spiro atoms. The Labute approximate surface area is 83.1 Å². The van der Waals surface area contributed by atoms with E-state index in [1.54, 1.807) is 0 Å². The molecule has 4 unspecified atom stereocenters. The van der Waals surface area contributed by atoms with Crippen molar-refractivity contribution in [2.24, 2.45) is 23.5 Å². The van der Waals surface area contributed by atoms with E-state index >= 15 is 0 Å². The lowest BCUT2D eigenvalue weighted by Gasteiger charge is -2.41. The average molecular weight is 183 g/mol. The van der Waals surface area contributed by atoms with Gasteiger partial charge in [0.25, 0.3) is 0 Å². The molecule has 4 atom stereocenters. The highest BCUT2D eigenvalue weighted by molar-refractivity contribution is 4.90. The van der Waals surface area contributed by atoms with Crippen LogP contribution in [0.4, 0.5) is 0 Å². The molecule has 1 aliphatic rings. The molecule has 0 aliphatic heterocycles. The van der Waals surface area contributed by atoms with Crippen LogP contribution in [-0.4, -0.2) is 5.54 Å². The minimum absolute atomic E-state index is 0.0778. The molecule has 78 valence electrons. The van der Waals surface area contributed by atoms with E-state index in [9.17, 15) is 0 Å². The summed E-state index contributed by atoms with van der Waals surface area (Å²) in [6.45, 7) is 9.19. The van der Waals surface area contributed by atoms with Crippen LogP contribution in [0.2, 0.25) is 0 Å². The predicted molar refractivity (Wildman–Crippen MR) is 58.6 cm³/mol. The second-order valence-corrected chi connectivity index (χ2v) is 5.32. The third-order valence-corrected chi connectivity index (χ3v) is 4.29. The summed E-state index contributed by atoms with van der Waals surface area (Å²) in [5, 5.41) is 0.